The Morgan fingerprint density at radius 3 is 2.21 bits per heavy atom. The van der Waals surface area contributed by atoms with Crippen LogP contribution in [-0.4, -0.2) is 31.1 Å². The van der Waals surface area contributed by atoms with Crippen LogP contribution in [0.25, 0.3) is 6.08 Å². The molecule has 0 heterocycles. The van der Waals surface area contributed by atoms with Gasteiger partial charge in [-0.25, -0.2) is 0 Å². The summed E-state index contributed by atoms with van der Waals surface area (Å²) in [6.45, 7) is 17.6. The van der Waals surface area contributed by atoms with Crippen LogP contribution < -0.4 is 4.74 Å². The zero-order valence-electron chi connectivity index (χ0n) is 16.3. The fraction of sp³-hybridized carbons (Fsp3) is 0.636. The number of unbranched alkanes of at least 4 members (excludes halogenated alkanes) is 3. The Morgan fingerprint density at radius 2 is 1.58 bits per heavy atom. The summed E-state index contributed by atoms with van der Waals surface area (Å²) in [5.74, 6) is 2.46. The molecule has 0 aliphatic carbocycles. The van der Waals surface area contributed by atoms with E-state index in [4.69, 9.17) is 4.74 Å². The summed E-state index contributed by atoms with van der Waals surface area (Å²) in [5.41, 5.74) is 1.08. The number of nitrogens with zero attached hydrogens (tertiary/aromatic N) is 1. The highest BCUT2D eigenvalue weighted by molar-refractivity contribution is 5.55. The lowest BCUT2D eigenvalue weighted by atomic mass is 10.1. The van der Waals surface area contributed by atoms with Crippen LogP contribution in [0.15, 0.2) is 30.8 Å². The first kappa shape index (κ1) is 20.8. The third-order valence-corrected chi connectivity index (χ3v) is 4.01. The van der Waals surface area contributed by atoms with E-state index in [1.54, 1.807) is 0 Å². The topological polar surface area (TPSA) is 12.5 Å². The third kappa shape index (κ3) is 9.12. The van der Waals surface area contributed by atoms with Gasteiger partial charge >= 0.3 is 0 Å². The predicted molar refractivity (Wildman–Crippen MR) is 107 cm³/mol. The molecule has 0 fully saturated rings. The molecule has 0 atom stereocenters. The summed E-state index contributed by atoms with van der Waals surface area (Å²) >= 11 is 0. The van der Waals surface area contributed by atoms with Crippen molar-refractivity contribution in [3.63, 3.8) is 0 Å². The summed E-state index contributed by atoms with van der Waals surface area (Å²) in [4.78, 5) is 2.63. The number of benzene rings is 1. The monoisotopic (exact) mass is 331 g/mol. The molecule has 0 unspecified atom stereocenters. The molecule has 0 bridgehead atoms. The molecule has 0 aliphatic heterocycles. The number of hydrogen-bond acceptors (Lipinski definition) is 2. The summed E-state index contributed by atoms with van der Waals surface area (Å²) in [6.07, 6.45) is 6.81. The molecule has 0 saturated carbocycles. The maximum Gasteiger partial charge on any atom is 0.126 e. The van der Waals surface area contributed by atoms with Crippen LogP contribution in [-0.2, 0) is 0 Å². The minimum atomic E-state index is 0.752. The third-order valence-electron chi connectivity index (χ3n) is 4.01. The van der Waals surface area contributed by atoms with Crippen molar-refractivity contribution < 1.29 is 4.74 Å². The zero-order chi connectivity index (χ0) is 17.8. The van der Waals surface area contributed by atoms with Crippen LogP contribution in [0.2, 0.25) is 0 Å². The molecular formula is C22H37NO. The fourth-order valence-electron chi connectivity index (χ4n) is 3.04. The lowest BCUT2D eigenvalue weighted by Gasteiger charge is -2.26. The minimum Gasteiger partial charge on any atom is -0.493 e. The molecule has 0 aliphatic rings. The second-order valence-electron chi connectivity index (χ2n) is 7.55. The molecule has 0 saturated heterocycles. The van der Waals surface area contributed by atoms with Crippen LogP contribution >= 0.6 is 0 Å². The van der Waals surface area contributed by atoms with Crippen LogP contribution in [0.1, 0.15) is 58.9 Å². The Hall–Kier alpha value is -1.28. The molecule has 24 heavy (non-hydrogen) atoms. The molecule has 1 aromatic carbocycles. The molecule has 0 amide bonds. The highest BCUT2D eigenvalue weighted by Crippen LogP contribution is 2.19. The van der Waals surface area contributed by atoms with Crippen molar-refractivity contribution >= 4 is 6.08 Å². The van der Waals surface area contributed by atoms with Gasteiger partial charge in [-0.05, 0) is 37.3 Å². The van der Waals surface area contributed by atoms with Gasteiger partial charge in [0.05, 0.1) is 6.61 Å². The maximum atomic E-state index is 5.88. The summed E-state index contributed by atoms with van der Waals surface area (Å²) in [6, 6.07) is 8.09. The molecule has 0 spiro atoms. The highest BCUT2D eigenvalue weighted by Gasteiger charge is 2.08. The van der Waals surface area contributed by atoms with Crippen molar-refractivity contribution in [2.45, 2.75) is 53.4 Å². The number of para-hydroxylation sites is 1. The van der Waals surface area contributed by atoms with Gasteiger partial charge in [-0.15, -0.1) is 0 Å². The van der Waals surface area contributed by atoms with E-state index in [2.05, 4.69) is 39.2 Å². The van der Waals surface area contributed by atoms with E-state index in [-0.39, 0.29) is 0 Å². The number of rotatable bonds is 13. The average Bonchev–Trinajstić information content (AvgIpc) is 2.53. The van der Waals surface area contributed by atoms with E-state index in [0.29, 0.717) is 0 Å². The molecule has 0 radical (unpaired) electrons. The number of hydrogen-bond donors (Lipinski definition) is 0. The fourth-order valence-corrected chi connectivity index (χ4v) is 3.04. The standard InChI is InChI=1S/C22H37NO/c1-6-21-13-9-10-14-22(21)24-16-12-8-7-11-15-23(17-19(2)3)18-20(4)5/h6,9-10,13-14,19-20H,1,7-8,11-12,15-18H2,2-5H3. The molecule has 0 aromatic heterocycles. The van der Waals surface area contributed by atoms with Gasteiger partial charge in [-0.1, -0.05) is 71.4 Å². The Morgan fingerprint density at radius 1 is 0.958 bits per heavy atom. The van der Waals surface area contributed by atoms with Crippen molar-refractivity contribution in [1.82, 2.24) is 4.90 Å². The second-order valence-corrected chi connectivity index (χ2v) is 7.55. The molecular weight excluding hydrogens is 294 g/mol. The van der Waals surface area contributed by atoms with Gasteiger partial charge in [0.25, 0.3) is 0 Å². The minimum absolute atomic E-state index is 0.752. The van der Waals surface area contributed by atoms with E-state index >= 15 is 0 Å². The van der Waals surface area contributed by atoms with E-state index < -0.39 is 0 Å². The van der Waals surface area contributed by atoms with Gasteiger partial charge in [-0.2, -0.15) is 0 Å². The Labute approximate surface area is 149 Å². The summed E-state index contributed by atoms with van der Waals surface area (Å²) in [5, 5.41) is 0. The van der Waals surface area contributed by atoms with Crippen molar-refractivity contribution in [2.24, 2.45) is 11.8 Å². The largest absolute Gasteiger partial charge is 0.493 e. The average molecular weight is 332 g/mol. The van der Waals surface area contributed by atoms with Gasteiger partial charge in [0.15, 0.2) is 0 Å². The normalized spacial score (nSPS) is 11.5. The molecule has 1 rings (SSSR count). The predicted octanol–water partition coefficient (Wildman–Crippen LogP) is 5.88. The number of ether oxygens (including phenoxy) is 1. The molecule has 136 valence electrons. The summed E-state index contributed by atoms with van der Waals surface area (Å²) in [7, 11) is 0. The van der Waals surface area contributed by atoms with E-state index in [1.165, 1.54) is 38.9 Å². The molecule has 2 heteroatoms. The van der Waals surface area contributed by atoms with Crippen molar-refractivity contribution in [2.75, 3.05) is 26.2 Å². The quantitative estimate of drug-likeness (QED) is 0.418. The van der Waals surface area contributed by atoms with Gasteiger partial charge in [-0.3, -0.25) is 0 Å². The Bertz CT molecular complexity index is 443. The van der Waals surface area contributed by atoms with Crippen LogP contribution in [0.3, 0.4) is 0 Å². The van der Waals surface area contributed by atoms with Crippen LogP contribution in [0, 0.1) is 11.8 Å². The second kappa shape index (κ2) is 12.1. The van der Waals surface area contributed by atoms with Crippen LogP contribution in [0.4, 0.5) is 0 Å². The van der Waals surface area contributed by atoms with Gasteiger partial charge < -0.3 is 9.64 Å². The van der Waals surface area contributed by atoms with Crippen molar-refractivity contribution in [3.8, 4) is 5.75 Å². The first-order valence-electron chi connectivity index (χ1n) is 9.59. The smallest absolute Gasteiger partial charge is 0.126 e. The first-order chi connectivity index (χ1) is 11.5. The highest BCUT2D eigenvalue weighted by atomic mass is 16.5. The Balaban J connectivity index is 2.15. The molecule has 1 aromatic rings. The zero-order valence-corrected chi connectivity index (χ0v) is 16.3. The van der Waals surface area contributed by atoms with Crippen LogP contribution in [0.5, 0.6) is 5.75 Å². The van der Waals surface area contributed by atoms with Gasteiger partial charge in [0, 0.05) is 18.7 Å². The summed E-state index contributed by atoms with van der Waals surface area (Å²) < 4.78 is 5.88. The van der Waals surface area contributed by atoms with Gasteiger partial charge in [0.2, 0.25) is 0 Å². The van der Waals surface area contributed by atoms with E-state index in [9.17, 15) is 0 Å². The molecule has 2 nitrogen and oxygen atoms in total. The van der Waals surface area contributed by atoms with Crippen molar-refractivity contribution in [1.29, 1.82) is 0 Å². The van der Waals surface area contributed by atoms with E-state index in [1.807, 2.05) is 30.3 Å². The van der Waals surface area contributed by atoms with Gasteiger partial charge in [0.1, 0.15) is 5.75 Å². The maximum absolute atomic E-state index is 5.88. The molecule has 0 N–H and O–H groups in total. The van der Waals surface area contributed by atoms with E-state index in [0.717, 1.165) is 36.2 Å². The lowest BCUT2D eigenvalue weighted by Crippen LogP contribution is -2.32. The Kier molecular flexibility index (Phi) is 10.5. The SMILES string of the molecule is C=Cc1ccccc1OCCCCCCN(CC(C)C)CC(C)C. The first-order valence-corrected chi connectivity index (χ1v) is 9.59. The lowest BCUT2D eigenvalue weighted by molar-refractivity contribution is 0.214. The van der Waals surface area contributed by atoms with Crippen molar-refractivity contribution in [3.05, 3.63) is 36.4 Å².